The van der Waals surface area contributed by atoms with Crippen molar-refractivity contribution >= 4 is 28.2 Å². The topological polar surface area (TPSA) is 82.1 Å². The zero-order valence-corrected chi connectivity index (χ0v) is 18.7. The second kappa shape index (κ2) is 10.5. The van der Waals surface area contributed by atoms with E-state index in [2.05, 4.69) is 10.5 Å². The normalized spacial score (nSPS) is 16.5. The van der Waals surface area contributed by atoms with Crippen LogP contribution in [0.3, 0.4) is 0 Å². The SMILES string of the molecule is CC(/C=N\NC(=O)CN1CCN(S(=O)(=O)c2ccc(C)cc2)CC1)=C\c1ccccc1. The Hall–Kier alpha value is -2.81. The molecule has 31 heavy (non-hydrogen) atoms. The Labute approximate surface area is 184 Å². The highest BCUT2D eigenvalue weighted by Crippen LogP contribution is 2.18. The molecule has 164 valence electrons. The van der Waals surface area contributed by atoms with E-state index in [9.17, 15) is 13.2 Å². The number of allylic oxidation sites excluding steroid dienone is 1. The maximum Gasteiger partial charge on any atom is 0.254 e. The van der Waals surface area contributed by atoms with Crippen molar-refractivity contribution in [1.82, 2.24) is 14.6 Å². The van der Waals surface area contributed by atoms with Gasteiger partial charge in [-0.1, -0.05) is 54.1 Å². The summed E-state index contributed by atoms with van der Waals surface area (Å²) in [5, 5.41) is 4.01. The van der Waals surface area contributed by atoms with E-state index in [-0.39, 0.29) is 12.5 Å². The Kier molecular flexibility index (Phi) is 7.73. The number of benzene rings is 2. The molecule has 0 aromatic heterocycles. The Morgan fingerprint density at radius 3 is 2.32 bits per heavy atom. The average Bonchev–Trinajstić information content (AvgIpc) is 2.75. The van der Waals surface area contributed by atoms with Crippen molar-refractivity contribution < 1.29 is 13.2 Å². The molecule has 1 N–H and O–H groups in total. The summed E-state index contributed by atoms with van der Waals surface area (Å²) in [4.78, 5) is 14.4. The van der Waals surface area contributed by atoms with Gasteiger partial charge in [-0.3, -0.25) is 9.69 Å². The number of nitrogens with zero attached hydrogens (tertiary/aromatic N) is 3. The van der Waals surface area contributed by atoms with E-state index in [0.717, 1.165) is 16.7 Å². The van der Waals surface area contributed by atoms with Gasteiger partial charge in [0.25, 0.3) is 5.91 Å². The molecule has 0 radical (unpaired) electrons. The highest BCUT2D eigenvalue weighted by atomic mass is 32.2. The molecule has 2 aromatic rings. The number of aryl methyl sites for hydroxylation is 1. The molecule has 1 fully saturated rings. The third kappa shape index (κ3) is 6.58. The summed E-state index contributed by atoms with van der Waals surface area (Å²) in [5.41, 5.74) is 5.54. The molecule has 1 amide bonds. The fraction of sp³-hybridized carbons (Fsp3) is 0.304. The number of carbonyl (C=O) groups is 1. The van der Waals surface area contributed by atoms with Gasteiger partial charge >= 0.3 is 0 Å². The van der Waals surface area contributed by atoms with Crippen LogP contribution in [0.1, 0.15) is 18.1 Å². The molecule has 8 heteroatoms. The van der Waals surface area contributed by atoms with Gasteiger partial charge in [-0.15, -0.1) is 0 Å². The van der Waals surface area contributed by atoms with Crippen LogP contribution >= 0.6 is 0 Å². The lowest BCUT2D eigenvalue weighted by Gasteiger charge is -2.33. The van der Waals surface area contributed by atoms with Crippen molar-refractivity contribution in [2.45, 2.75) is 18.7 Å². The third-order valence-corrected chi connectivity index (χ3v) is 6.92. The molecule has 1 aliphatic heterocycles. The van der Waals surface area contributed by atoms with E-state index >= 15 is 0 Å². The molecule has 0 spiro atoms. The fourth-order valence-corrected chi connectivity index (χ4v) is 4.70. The lowest BCUT2D eigenvalue weighted by atomic mass is 10.1. The number of sulfonamides is 1. The van der Waals surface area contributed by atoms with Crippen molar-refractivity contribution in [1.29, 1.82) is 0 Å². The third-order valence-electron chi connectivity index (χ3n) is 5.01. The molecule has 1 heterocycles. The monoisotopic (exact) mass is 440 g/mol. The van der Waals surface area contributed by atoms with Crippen molar-refractivity contribution in [2.24, 2.45) is 5.10 Å². The first-order valence-electron chi connectivity index (χ1n) is 10.2. The minimum absolute atomic E-state index is 0.178. The first-order chi connectivity index (χ1) is 14.8. The zero-order chi connectivity index (χ0) is 22.3. The predicted molar refractivity (Wildman–Crippen MR) is 123 cm³/mol. The van der Waals surface area contributed by atoms with Crippen LogP contribution in [0.25, 0.3) is 6.08 Å². The van der Waals surface area contributed by atoms with Gasteiger partial charge in [0.2, 0.25) is 10.0 Å². The number of nitrogens with one attached hydrogen (secondary N) is 1. The predicted octanol–water partition coefficient (Wildman–Crippen LogP) is 2.51. The van der Waals surface area contributed by atoms with Crippen molar-refractivity contribution in [3.8, 4) is 0 Å². The highest BCUT2D eigenvalue weighted by molar-refractivity contribution is 7.89. The standard InChI is InChI=1S/C23H28N4O3S/c1-19-8-10-22(11-9-19)31(29,30)27-14-12-26(13-15-27)18-23(28)25-24-17-20(2)16-21-6-4-3-5-7-21/h3-11,16-17H,12-15,18H2,1-2H3,(H,25,28)/b20-16+,24-17-. The van der Waals surface area contributed by atoms with Gasteiger partial charge in [0, 0.05) is 26.2 Å². The highest BCUT2D eigenvalue weighted by Gasteiger charge is 2.28. The van der Waals surface area contributed by atoms with E-state index in [4.69, 9.17) is 0 Å². The summed E-state index contributed by atoms with van der Waals surface area (Å²) in [5.74, 6) is -0.224. The maximum atomic E-state index is 12.8. The smallest absolute Gasteiger partial charge is 0.254 e. The maximum absolute atomic E-state index is 12.8. The van der Waals surface area contributed by atoms with Gasteiger partial charge in [-0.25, -0.2) is 13.8 Å². The van der Waals surface area contributed by atoms with Gasteiger partial charge < -0.3 is 0 Å². The molecular weight excluding hydrogens is 412 g/mol. The summed E-state index contributed by atoms with van der Waals surface area (Å²) in [6.45, 7) is 5.71. The van der Waals surface area contributed by atoms with E-state index in [1.54, 1.807) is 30.5 Å². The van der Waals surface area contributed by atoms with Crippen LogP contribution in [0.15, 0.2) is 70.2 Å². The molecule has 0 atom stereocenters. The largest absolute Gasteiger partial charge is 0.292 e. The van der Waals surface area contributed by atoms with Crippen molar-refractivity contribution in [3.63, 3.8) is 0 Å². The van der Waals surface area contributed by atoms with E-state index in [0.29, 0.717) is 31.1 Å². The number of rotatable bonds is 7. The number of hydrogen-bond acceptors (Lipinski definition) is 5. The van der Waals surface area contributed by atoms with E-state index in [1.807, 2.05) is 55.2 Å². The molecule has 0 bridgehead atoms. The summed E-state index contributed by atoms with van der Waals surface area (Å²) >= 11 is 0. The van der Waals surface area contributed by atoms with Crippen LogP contribution in [0, 0.1) is 6.92 Å². The fourth-order valence-electron chi connectivity index (χ4n) is 3.28. The number of amides is 1. The lowest BCUT2D eigenvalue weighted by molar-refractivity contribution is -0.122. The van der Waals surface area contributed by atoms with Gasteiger partial charge in [0.05, 0.1) is 17.7 Å². The summed E-state index contributed by atoms with van der Waals surface area (Å²) in [6, 6.07) is 16.7. The number of piperazine rings is 1. The second-order valence-corrected chi connectivity index (χ2v) is 9.52. The number of hydrogen-bond donors (Lipinski definition) is 1. The molecule has 7 nitrogen and oxygen atoms in total. The molecule has 0 unspecified atom stereocenters. The first kappa shape index (κ1) is 22.9. The Balaban J connectivity index is 1.45. The van der Waals surface area contributed by atoms with Crippen molar-refractivity contribution in [2.75, 3.05) is 32.7 Å². The Morgan fingerprint density at radius 1 is 1.03 bits per heavy atom. The van der Waals surface area contributed by atoms with Crippen LogP contribution in [-0.2, 0) is 14.8 Å². The van der Waals surface area contributed by atoms with Crippen LogP contribution in [-0.4, -0.2) is 62.5 Å². The van der Waals surface area contributed by atoms with Crippen LogP contribution in [0.5, 0.6) is 0 Å². The molecule has 3 rings (SSSR count). The molecule has 0 saturated carbocycles. The van der Waals surface area contributed by atoms with Gasteiger partial charge in [0.15, 0.2) is 0 Å². The van der Waals surface area contributed by atoms with Crippen LogP contribution < -0.4 is 5.43 Å². The summed E-state index contributed by atoms with van der Waals surface area (Å²) in [7, 11) is -3.50. The first-order valence-corrected chi connectivity index (χ1v) is 11.6. The second-order valence-electron chi connectivity index (χ2n) is 7.59. The van der Waals surface area contributed by atoms with E-state index < -0.39 is 10.0 Å². The lowest BCUT2D eigenvalue weighted by Crippen LogP contribution is -2.50. The summed E-state index contributed by atoms with van der Waals surface area (Å²) in [6.07, 6.45) is 3.58. The van der Waals surface area contributed by atoms with Crippen LogP contribution in [0.4, 0.5) is 0 Å². The Bertz CT molecular complexity index is 1040. The Morgan fingerprint density at radius 2 is 1.68 bits per heavy atom. The number of carbonyl (C=O) groups excluding carboxylic acids is 1. The molecule has 1 aliphatic rings. The van der Waals surface area contributed by atoms with Gasteiger partial charge in [-0.05, 0) is 37.1 Å². The summed E-state index contributed by atoms with van der Waals surface area (Å²) < 4.78 is 27.0. The number of hydrazone groups is 1. The zero-order valence-electron chi connectivity index (χ0n) is 17.9. The molecule has 1 saturated heterocycles. The minimum Gasteiger partial charge on any atom is -0.292 e. The quantitative estimate of drug-likeness (QED) is 0.530. The average molecular weight is 441 g/mol. The van der Waals surface area contributed by atoms with Crippen LogP contribution in [0.2, 0.25) is 0 Å². The molecular formula is C23H28N4O3S. The molecule has 2 aromatic carbocycles. The van der Waals surface area contributed by atoms with Crippen molar-refractivity contribution in [3.05, 3.63) is 71.3 Å². The van der Waals surface area contributed by atoms with Gasteiger partial charge in [0.1, 0.15) is 0 Å². The van der Waals surface area contributed by atoms with Gasteiger partial charge in [-0.2, -0.15) is 9.41 Å². The minimum atomic E-state index is -3.50. The molecule has 0 aliphatic carbocycles. The van der Waals surface area contributed by atoms with E-state index in [1.165, 1.54) is 4.31 Å².